The molecule has 0 spiro atoms. The lowest BCUT2D eigenvalue weighted by Crippen LogP contribution is -2.38. The van der Waals surface area contributed by atoms with Crippen LogP contribution in [0.2, 0.25) is 0 Å². The van der Waals surface area contributed by atoms with Crippen LogP contribution < -0.4 is 15.5 Å². The molecule has 1 saturated heterocycles. The van der Waals surface area contributed by atoms with Crippen LogP contribution in [0.15, 0.2) is 36.7 Å². The van der Waals surface area contributed by atoms with Gasteiger partial charge in [-0.25, -0.2) is 9.97 Å². The Kier molecular flexibility index (Phi) is 7.05. The first-order valence-electron chi connectivity index (χ1n) is 12.6. The van der Waals surface area contributed by atoms with Crippen LogP contribution in [0.3, 0.4) is 0 Å². The Morgan fingerprint density at radius 3 is 2.85 bits per heavy atom. The van der Waals surface area contributed by atoms with Crippen LogP contribution >= 0.6 is 0 Å². The van der Waals surface area contributed by atoms with Crippen LogP contribution in [0, 0.1) is 5.92 Å². The molecule has 0 radical (unpaired) electrons. The van der Waals surface area contributed by atoms with Gasteiger partial charge in [-0.2, -0.15) is 0 Å². The fraction of sp³-hybridized carbons (Fsp3) is 0.577. The average Bonchev–Trinajstić information content (AvgIpc) is 3.67. The third kappa shape index (κ3) is 6.22. The van der Waals surface area contributed by atoms with E-state index in [0.29, 0.717) is 18.4 Å². The molecule has 1 atom stereocenters. The van der Waals surface area contributed by atoms with Crippen molar-refractivity contribution >= 4 is 17.5 Å². The first-order chi connectivity index (χ1) is 16.2. The van der Waals surface area contributed by atoms with E-state index in [1.165, 1.54) is 30.4 Å². The summed E-state index contributed by atoms with van der Waals surface area (Å²) in [4.78, 5) is 26.1. The molecule has 2 aliphatic heterocycles. The van der Waals surface area contributed by atoms with Gasteiger partial charge in [0.25, 0.3) is 0 Å². The number of amides is 1. The number of anilines is 2. The fourth-order valence-corrected chi connectivity index (χ4v) is 5.07. The third-order valence-electron chi connectivity index (χ3n) is 7.16. The molecule has 1 amide bonds. The van der Waals surface area contributed by atoms with E-state index < -0.39 is 0 Å². The predicted molar refractivity (Wildman–Crippen MR) is 131 cm³/mol. The first-order valence-corrected chi connectivity index (χ1v) is 12.6. The van der Waals surface area contributed by atoms with Crippen molar-refractivity contribution < 1.29 is 4.79 Å². The SMILES string of the molecule is O=C(CCC1CCCN(c2cc(NC3CC3)ncn2)C1)NCCN1CCc2ccccc2C1. The van der Waals surface area contributed by atoms with Crippen molar-refractivity contribution in [3.8, 4) is 0 Å². The Morgan fingerprint density at radius 2 is 1.97 bits per heavy atom. The maximum Gasteiger partial charge on any atom is 0.220 e. The molecule has 7 nitrogen and oxygen atoms in total. The summed E-state index contributed by atoms with van der Waals surface area (Å²) < 4.78 is 0. The lowest BCUT2D eigenvalue weighted by molar-refractivity contribution is -0.121. The largest absolute Gasteiger partial charge is 0.367 e. The molecule has 7 heteroatoms. The van der Waals surface area contributed by atoms with Gasteiger partial charge in [-0.1, -0.05) is 24.3 Å². The minimum atomic E-state index is 0.183. The van der Waals surface area contributed by atoms with Crippen molar-refractivity contribution in [1.29, 1.82) is 0 Å². The highest BCUT2D eigenvalue weighted by molar-refractivity contribution is 5.75. The molecule has 1 aliphatic carbocycles. The molecule has 1 aromatic carbocycles. The van der Waals surface area contributed by atoms with E-state index in [1.807, 2.05) is 0 Å². The van der Waals surface area contributed by atoms with E-state index in [9.17, 15) is 4.79 Å². The van der Waals surface area contributed by atoms with Crippen molar-refractivity contribution in [2.45, 2.75) is 57.5 Å². The Morgan fingerprint density at radius 1 is 1.09 bits per heavy atom. The number of carbonyl (C=O) groups is 1. The number of carbonyl (C=O) groups excluding carboxylic acids is 1. The monoisotopic (exact) mass is 448 g/mol. The van der Waals surface area contributed by atoms with Crippen molar-refractivity contribution in [3.05, 3.63) is 47.8 Å². The highest BCUT2D eigenvalue weighted by Gasteiger charge is 2.24. The molecule has 3 aliphatic rings. The molecule has 1 aromatic heterocycles. The minimum absolute atomic E-state index is 0.183. The number of piperidine rings is 1. The second-order valence-corrected chi connectivity index (χ2v) is 9.82. The molecule has 2 fully saturated rings. The summed E-state index contributed by atoms with van der Waals surface area (Å²) in [5.74, 6) is 2.66. The molecule has 0 bridgehead atoms. The molecule has 176 valence electrons. The maximum absolute atomic E-state index is 12.5. The van der Waals surface area contributed by atoms with E-state index in [4.69, 9.17) is 0 Å². The van der Waals surface area contributed by atoms with Gasteiger partial charge in [0.05, 0.1) is 0 Å². The van der Waals surface area contributed by atoms with Gasteiger partial charge in [-0.15, -0.1) is 0 Å². The lowest BCUT2D eigenvalue weighted by Gasteiger charge is -2.33. The van der Waals surface area contributed by atoms with E-state index in [1.54, 1.807) is 6.33 Å². The zero-order valence-electron chi connectivity index (χ0n) is 19.5. The van der Waals surface area contributed by atoms with Crippen molar-refractivity contribution in [2.24, 2.45) is 5.92 Å². The number of hydrogen-bond donors (Lipinski definition) is 2. The van der Waals surface area contributed by atoms with Gasteiger partial charge in [0.15, 0.2) is 0 Å². The Bertz CT molecular complexity index is 946. The Labute approximate surface area is 197 Å². The summed E-state index contributed by atoms with van der Waals surface area (Å²) in [5.41, 5.74) is 2.90. The predicted octanol–water partition coefficient (Wildman–Crippen LogP) is 3.22. The van der Waals surface area contributed by atoms with Gasteiger partial charge in [0.2, 0.25) is 5.91 Å². The zero-order chi connectivity index (χ0) is 22.5. The van der Waals surface area contributed by atoms with Gasteiger partial charge >= 0.3 is 0 Å². The summed E-state index contributed by atoms with van der Waals surface area (Å²) in [5, 5.41) is 6.61. The van der Waals surface area contributed by atoms with E-state index in [2.05, 4.69) is 60.7 Å². The summed E-state index contributed by atoms with van der Waals surface area (Å²) in [6.45, 7) is 5.72. The van der Waals surface area contributed by atoms with E-state index >= 15 is 0 Å². The van der Waals surface area contributed by atoms with Crippen LogP contribution in [0.25, 0.3) is 0 Å². The van der Waals surface area contributed by atoms with Gasteiger partial charge in [0, 0.05) is 57.8 Å². The van der Waals surface area contributed by atoms with Crippen LogP contribution in [-0.4, -0.2) is 59.5 Å². The molecular formula is C26H36N6O. The van der Waals surface area contributed by atoms with Crippen LogP contribution in [0.4, 0.5) is 11.6 Å². The average molecular weight is 449 g/mol. The van der Waals surface area contributed by atoms with Gasteiger partial charge in [-0.05, 0) is 55.6 Å². The third-order valence-corrected chi connectivity index (χ3v) is 7.16. The van der Waals surface area contributed by atoms with Gasteiger partial charge < -0.3 is 15.5 Å². The second-order valence-electron chi connectivity index (χ2n) is 9.82. The van der Waals surface area contributed by atoms with Crippen LogP contribution in [0.1, 0.15) is 49.7 Å². The summed E-state index contributed by atoms with van der Waals surface area (Å²) in [6.07, 6.45) is 9.13. The highest BCUT2D eigenvalue weighted by Crippen LogP contribution is 2.28. The molecule has 2 N–H and O–H groups in total. The minimum Gasteiger partial charge on any atom is -0.367 e. The van der Waals surface area contributed by atoms with Crippen molar-refractivity contribution in [2.75, 3.05) is 42.9 Å². The fourth-order valence-electron chi connectivity index (χ4n) is 5.07. The quantitative estimate of drug-likeness (QED) is 0.614. The number of benzene rings is 1. The number of rotatable bonds is 9. The number of fused-ring (bicyclic) bond motifs is 1. The van der Waals surface area contributed by atoms with Crippen LogP contribution in [0.5, 0.6) is 0 Å². The standard InChI is InChI=1S/C26H36N6O/c33-26(27-12-15-31-14-11-21-5-1-2-6-22(21)18-31)10-7-20-4-3-13-32(17-20)25-16-24(28-19-29-25)30-23-8-9-23/h1-2,5-6,16,19-20,23H,3-4,7-15,17-18H2,(H,27,33)(H,28,29,30). The maximum atomic E-state index is 12.5. The summed E-state index contributed by atoms with van der Waals surface area (Å²) in [6, 6.07) is 11.4. The molecule has 1 unspecified atom stereocenters. The molecule has 1 saturated carbocycles. The van der Waals surface area contributed by atoms with Gasteiger partial charge in [-0.3, -0.25) is 9.69 Å². The topological polar surface area (TPSA) is 73.4 Å². The van der Waals surface area contributed by atoms with Gasteiger partial charge in [0.1, 0.15) is 18.0 Å². The Balaban J connectivity index is 1.02. The van der Waals surface area contributed by atoms with E-state index in [-0.39, 0.29) is 5.91 Å². The molecule has 3 heterocycles. The molecule has 2 aromatic rings. The normalized spacial score (nSPS) is 20.8. The second kappa shape index (κ2) is 10.5. The van der Waals surface area contributed by atoms with Crippen molar-refractivity contribution in [3.63, 3.8) is 0 Å². The van der Waals surface area contributed by atoms with Crippen molar-refractivity contribution in [1.82, 2.24) is 20.2 Å². The highest BCUT2D eigenvalue weighted by atomic mass is 16.1. The number of nitrogens with one attached hydrogen (secondary N) is 2. The lowest BCUT2D eigenvalue weighted by atomic mass is 9.93. The Hall–Kier alpha value is -2.67. The summed E-state index contributed by atoms with van der Waals surface area (Å²) in [7, 11) is 0. The molecule has 33 heavy (non-hydrogen) atoms. The smallest absolute Gasteiger partial charge is 0.220 e. The number of hydrogen-bond acceptors (Lipinski definition) is 6. The zero-order valence-corrected chi connectivity index (χ0v) is 19.5. The van der Waals surface area contributed by atoms with Crippen LogP contribution in [-0.2, 0) is 17.8 Å². The first kappa shape index (κ1) is 22.1. The summed E-state index contributed by atoms with van der Waals surface area (Å²) >= 11 is 0. The molecule has 5 rings (SSSR count). The number of aromatic nitrogens is 2. The number of nitrogens with zero attached hydrogens (tertiary/aromatic N) is 4. The van der Waals surface area contributed by atoms with E-state index in [0.717, 1.165) is 70.2 Å². The molecular weight excluding hydrogens is 412 g/mol.